The van der Waals surface area contributed by atoms with Crippen molar-refractivity contribution in [2.45, 2.75) is 19.0 Å². The van der Waals surface area contributed by atoms with Gasteiger partial charge in [0.15, 0.2) is 9.84 Å². The third-order valence-electron chi connectivity index (χ3n) is 3.10. The second-order valence-corrected chi connectivity index (χ2v) is 7.04. The van der Waals surface area contributed by atoms with Crippen LogP contribution in [0.3, 0.4) is 0 Å². The van der Waals surface area contributed by atoms with Gasteiger partial charge in [-0.3, -0.25) is 0 Å². The molecule has 0 bridgehead atoms. The predicted molar refractivity (Wildman–Crippen MR) is 71.9 cm³/mol. The molecule has 0 spiro atoms. The number of rotatable bonds is 4. The highest BCUT2D eigenvalue weighted by atomic mass is 35.5. The van der Waals surface area contributed by atoms with Gasteiger partial charge in [-0.1, -0.05) is 17.7 Å². The lowest BCUT2D eigenvalue weighted by Gasteiger charge is -2.14. The van der Waals surface area contributed by atoms with Crippen molar-refractivity contribution in [3.8, 4) is 5.75 Å². The zero-order chi connectivity index (χ0) is 13.2. The van der Waals surface area contributed by atoms with Crippen LogP contribution in [-0.4, -0.2) is 33.1 Å². The Labute approximate surface area is 112 Å². The zero-order valence-corrected chi connectivity index (χ0v) is 11.7. The first-order valence-electron chi connectivity index (χ1n) is 5.77. The summed E-state index contributed by atoms with van der Waals surface area (Å²) in [5, 5.41) is 3.85. The van der Waals surface area contributed by atoms with Gasteiger partial charge in [-0.25, -0.2) is 8.42 Å². The molecule has 1 atom stereocenters. The van der Waals surface area contributed by atoms with Gasteiger partial charge in [0, 0.05) is 23.2 Å². The lowest BCUT2D eigenvalue weighted by atomic mass is 10.1. The van der Waals surface area contributed by atoms with Crippen LogP contribution in [0, 0.1) is 0 Å². The summed E-state index contributed by atoms with van der Waals surface area (Å²) in [5.74, 6) is 1.19. The third kappa shape index (κ3) is 3.16. The van der Waals surface area contributed by atoms with Crippen LogP contribution in [0.2, 0.25) is 5.02 Å². The molecular weight excluding hydrogens is 274 g/mol. The Kier molecular flexibility index (Phi) is 4.14. The van der Waals surface area contributed by atoms with E-state index in [2.05, 4.69) is 5.32 Å². The average Bonchev–Trinajstić information content (AvgIpc) is 2.67. The molecule has 0 aromatic heterocycles. The summed E-state index contributed by atoms with van der Waals surface area (Å²) in [4.78, 5) is 0. The molecule has 1 aliphatic heterocycles. The average molecular weight is 290 g/mol. The molecule has 1 saturated heterocycles. The minimum Gasteiger partial charge on any atom is -0.496 e. The first kappa shape index (κ1) is 13.6. The van der Waals surface area contributed by atoms with Gasteiger partial charge in [0.25, 0.3) is 0 Å². The predicted octanol–water partition coefficient (Wildman–Crippen LogP) is 1.63. The summed E-state index contributed by atoms with van der Waals surface area (Å²) in [6.45, 7) is 0.517. The van der Waals surface area contributed by atoms with Crippen molar-refractivity contribution in [1.29, 1.82) is 0 Å². The monoisotopic (exact) mass is 289 g/mol. The summed E-state index contributed by atoms with van der Waals surface area (Å²) in [6.07, 6.45) is 0.662. The summed E-state index contributed by atoms with van der Waals surface area (Å²) in [6, 6.07) is 5.47. The molecule has 1 unspecified atom stereocenters. The maximum Gasteiger partial charge on any atom is 0.151 e. The van der Waals surface area contributed by atoms with E-state index in [0.717, 1.165) is 11.3 Å². The van der Waals surface area contributed by atoms with Crippen LogP contribution in [0.5, 0.6) is 5.75 Å². The molecule has 2 rings (SSSR count). The van der Waals surface area contributed by atoms with Crippen LogP contribution in [0.1, 0.15) is 12.0 Å². The molecule has 1 heterocycles. The summed E-state index contributed by atoms with van der Waals surface area (Å²) < 4.78 is 27.9. The van der Waals surface area contributed by atoms with E-state index >= 15 is 0 Å². The Bertz CT molecular complexity index is 530. The number of benzene rings is 1. The van der Waals surface area contributed by atoms with Crippen LogP contribution in [-0.2, 0) is 16.4 Å². The van der Waals surface area contributed by atoms with E-state index in [-0.39, 0.29) is 17.5 Å². The van der Waals surface area contributed by atoms with Gasteiger partial charge in [0.1, 0.15) is 5.75 Å². The van der Waals surface area contributed by atoms with Gasteiger partial charge in [-0.2, -0.15) is 0 Å². The van der Waals surface area contributed by atoms with Crippen LogP contribution < -0.4 is 10.1 Å². The maximum absolute atomic E-state index is 11.4. The Morgan fingerprint density at radius 2 is 2.28 bits per heavy atom. The van der Waals surface area contributed by atoms with Crippen molar-refractivity contribution >= 4 is 21.4 Å². The van der Waals surface area contributed by atoms with E-state index in [1.807, 2.05) is 12.1 Å². The second-order valence-electron chi connectivity index (χ2n) is 4.40. The lowest BCUT2D eigenvalue weighted by Crippen LogP contribution is -2.29. The van der Waals surface area contributed by atoms with Gasteiger partial charge in [0.2, 0.25) is 0 Å². The largest absolute Gasteiger partial charge is 0.496 e. The van der Waals surface area contributed by atoms with Crippen molar-refractivity contribution in [1.82, 2.24) is 5.32 Å². The molecular formula is C12H16ClNO3S. The third-order valence-corrected chi connectivity index (χ3v) is 5.22. The van der Waals surface area contributed by atoms with Gasteiger partial charge in [-0.15, -0.1) is 0 Å². The standard InChI is InChI=1S/C12H16ClNO3S/c1-17-12-4-2-3-11(13)10(12)7-14-9-5-6-18(15,16)8-9/h2-4,9,14H,5-8H2,1H3. The molecule has 1 N–H and O–H groups in total. The smallest absolute Gasteiger partial charge is 0.151 e. The SMILES string of the molecule is COc1cccc(Cl)c1CNC1CCS(=O)(=O)C1. The van der Waals surface area contributed by atoms with Gasteiger partial charge in [0.05, 0.1) is 18.6 Å². The van der Waals surface area contributed by atoms with Gasteiger partial charge in [-0.05, 0) is 18.6 Å². The van der Waals surface area contributed by atoms with E-state index < -0.39 is 9.84 Å². The minimum absolute atomic E-state index is 0.0102. The topological polar surface area (TPSA) is 55.4 Å². The molecule has 1 aromatic carbocycles. The fourth-order valence-corrected chi connectivity index (χ4v) is 4.04. The number of hydrogen-bond acceptors (Lipinski definition) is 4. The van der Waals surface area contributed by atoms with Crippen molar-refractivity contribution in [2.75, 3.05) is 18.6 Å². The van der Waals surface area contributed by atoms with Crippen molar-refractivity contribution in [3.05, 3.63) is 28.8 Å². The van der Waals surface area contributed by atoms with Crippen LogP contribution in [0.25, 0.3) is 0 Å². The normalized spacial score (nSPS) is 22.0. The Balaban J connectivity index is 2.03. The molecule has 0 radical (unpaired) electrons. The van der Waals surface area contributed by atoms with Crippen molar-refractivity contribution in [2.24, 2.45) is 0 Å². The number of halogens is 1. The number of ether oxygens (including phenoxy) is 1. The second kappa shape index (κ2) is 5.47. The van der Waals surface area contributed by atoms with E-state index in [1.54, 1.807) is 13.2 Å². The number of methoxy groups -OCH3 is 1. The Morgan fingerprint density at radius 1 is 1.50 bits per heavy atom. The van der Waals surface area contributed by atoms with E-state index in [0.29, 0.717) is 18.0 Å². The first-order valence-corrected chi connectivity index (χ1v) is 7.97. The number of sulfone groups is 1. The van der Waals surface area contributed by atoms with E-state index in [1.165, 1.54) is 0 Å². The highest BCUT2D eigenvalue weighted by Crippen LogP contribution is 2.26. The molecule has 0 saturated carbocycles. The highest BCUT2D eigenvalue weighted by Gasteiger charge is 2.27. The molecule has 0 aliphatic carbocycles. The summed E-state index contributed by atoms with van der Waals surface area (Å²) >= 11 is 6.11. The van der Waals surface area contributed by atoms with Crippen LogP contribution >= 0.6 is 11.6 Å². The minimum atomic E-state index is -2.85. The van der Waals surface area contributed by atoms with E-state index in [4.69, 9.17) is 16.3 Å². The zero-order valence-electron chi connectivity index (χ0n) is 10.1. The quantitative estimate of drug-likeness (QED) is 0.915. The van der Waals surface area contributed by atoms with E-state index in [9.17, 15) is 8.42 Å². The summed E-state index contributed by atoms with van der Waals surface area (Å²) in [7, 11) is -1.26. The van der Waals surface area contributed by atoms with Crippen LogP contribution in [0.15, 0.2) is 18.2 Å². The van der Waals surface area contributed by atoms with Gasteiger partial charge < -0.3 is 10.1 Å². The molecule has 1 aliphatic rings. The molecule has 1 aromatic rings. The molecule has 4 nitrogen and oxygen atoms in total. The molecule has 0 amide bonds. The molecule has 18 heavy (non-hydrogen) atoms. The molecule has 1 fully saturated rings. The van der Waals surface area contributed by atoms with Crippen LogP contribution in [0.4, 0.5) is 0 Å². The fourth-order valence-electron chi connectivity index (χ4n) is 2.10. The van der Waals surface area contributed by atoms with Gasteiger partial charge >= 0.3 is 0 Å². The fraction of sp³-hybridized carbons (Fsp3) is 0.500. The molecule has 100 valence electrons. The van der Waals surface area contributed by atoms with Crippen molar-refractivity contribution < 1.29 is 13.2 Å². The lowest BCUT2D eigenvalue weighted by molar-refractivity contribution is 0.406. The van der Waals surface area contributed by atoms with Crippen molar-refractivity contribution in [3.63, 3.8) is 0 Å². The number of nitrogens with one attached hydrogen (secondary N) is 1. The Morgan fingerprint density at radius 3 is 2.89 bits per heavy atom. The summed E-state index contributed by atoms with van der Waals surface area (Å²) in [5.41, 5.74) is 0.867. The first-order chi connectivity index (χ1) is 8.52. The number of hydrogen-bond donors (Lipinski definition) is 1. The maximum atomic E-state index is 11.4. The Hall–Kier alpha value is -0.780. The molecule has 6 heteroatoms. The highest BCUT2D eigenvalue weighted by molar-refractivity contribution is 7.91.